The van der Waals surface area contributed by atoms with Crippen LogP contribution >= 0.6 is 16.3 Å². The van der Waals surface area contributed by atoms with Gasteiger partial charge in [0.15, 0.2) is 0 Å². The van der Waals surface area contributed by atoms with Gasteiger partial charge in [0.05, 0.1) is 0 Å². The van der Waals surface area contributed by atoms with Gasteiger partial charge in [0.2, 0.25) is 0 Å². The van der Waals surface area contributed by atoms with Crippen molar-refractivity contribution < 1.29 is 9.05 Å². The van der Waals surface area contributed by atoms with E-state index in [2.05, 4.69) is 104 Å². The number of hydrogen-bond acceptors (Lipinski definition) is 2. The second kappa shape index (κ2) is 11.3. The van der Waals surface area contributed by atoms with Crippen LogP contribution in [0.4, 0.5) is 0 Å². The van der Waals surface area contributed by atoms with E-state index in [1.54, 1.807) is 0 Å². The topological polar surface area (TPSA) is 18.5 Å². The van der Waals surface area contributed by atoms with Crippen LogP contribution in [0.15, 0.2) is 121 Å². The molecule has 0 saturated carbocycles. The Morgan fingerprint density at radius 1 is 0.516 bits per heavy atom. The summed E-state index contributed by atoms with van der Waals surface area (Å²) in [6.07, 6.45) is -0.237. The van der Waals surface area contributed by atoms with Gasteiger partial charge in [0.25, 0.3) is 0 Å². The fourth-order valence-electron chi connectivity index (χ4n) is 3.68. The van der Waals surface area contributed by atoms with Crippen molar-refractivity contribution in [2.75, 3.05) is 6.61 Å². The molecule has 4 rings (SSSR count). The Bertz CT molecular complexity index is 949. The molecular weight excluding hydrogens is 418 g/mol. The molecule has 1 atom stereocenters. The molecule has 0 aliphatic carbocycles. The second-order valence-corrected chi connectivity index (χ2v) is 12.3. The van der Waals surface area contributed by atoms with E-state index in [0.29, 0.717) is 6.61 Å². The predicted molar refractivity (Wildman–Crippen MR) is 140 cm³/mol. The third-order valence-electron chi connectivity index (χ3n) is 5.19. The number of rotatable bonds is 9. The van der Waals surface area contributed by atoms with Crippen molar-refractivity contribution in [3.05, 3.63) is 128 Å². The van der Waals surface area contributed by atoms with Crippen LogP contribution < -0.4 is 21.2 Å². The van der Waals surface area contributed by atoms with Gasteiger partial charge in [-0.25, -0.2) is 0 Å². The molecule has 0 aliphatic rings. The van der Waals surface area contributed by atoms with Gasteiger partial charge in [-0.15, -0.1) is 0 Å². The van der Waals surface area contributed by atoms with E-state index < -0.39 is 16.3 Å². The Hall–Kier alpha value is -2.34. The minimum absolute atomic E-state index is 0.237. The van der Waals surface area contributed by atoms with Crippen LogP contribution in [0.3, 0.4) is 0 Å². The van der Waals surface area contributed by atoms with E-state index >= 15 is 0 Å². The molecule has 31 heavy (non-hydrogen) atoms. The van der Waals surface area contributed by atoms with Crippen molar-refractivity contribution in [3.63, 3.8) is 0 Å². The Kier molecular flexibility index (Phi) is 7.99. The first kappa shape index (κ1) is 21.9. The van der Waals surface area contributed by atoms with Gasteiger partial charge in [-0.05, 0) is 0 Å². The van der Waals surface area contributed by atoms with Crippen molar-refractivity contribution in [2.24, 2.45) is 0 Å². The van der Waals surface area contributed by atoms with Gasteiger partial charge in [-0.1, -0.05) is 0 Å². The molecular formula is C27H29O2P2. The average molecular weight is 447 g/mol. The molecule has 0 amide bonds. The monoisotopic (exact) mass is 447 g/mol. The molecule has 4 heteroatoms. The summed E-state index contributed by atoms with van der Waals surface area (Å²) in [6.45, 7) is 4.77. The molecule has 0 heterocycles. The van der Waals surface area contributed by atoms with E-state index in [1.165, 1.54) is 21.2 Å². The summed E-state index contributed by atoms with van der Waals surface area (Å²) in [5.41, 5.74) is 0. The van der Waals surface area contributed by atoms with Crippen LogP contribution in [0.25, 0.3) is 0 Å². The maximum absolute atomic E-state index is 6.57. The van der Waals surface area contributed by atoms with Crippen LogP contribution in [0, 0.1) is 6.92 Å². The zero-order valence-corrected chi connectivity index (χ0v) is 19.8. The molecule has 0 fully saturated rings. The zero-order chi connectivity index (χ0) is 21.3. The second-order valence-electron chi connectivity index (χ2n) is 7.49. The molecule has 0 N–H and O–H groups in total. The fraction of sp³-hybridized carbons (Fsp3) is 0.0741. The van der Waals surface area contributed by atoms with Gasteiger partial charge in [-0.3, -0.25) is 0 Å². The number of benzene rings is 4. The fourth-order valence-corrected chi connectivity index (χ4v) is 8.31. The standard InChI is InChI=1S/C27H29O2P2/c1-23(29-31(26-18-10-4-11-19-26)27-20-12-5-13-21-27)22-28-30(24-14-6-2-7-15-24)25-16-8-3-9-17-25/h2-21,23H,1,22,30-31H2. The van der Waals surface area contributed by atoms with Crippen LogP contribution in [-0.4, -0.2) is 12.7 Å². The minimum atomic E-state index is -1.85. The van der Waals surface area contributed by atoms with E-state index in [1.807, 2.05) is 24.3 Å². The molecule has 159 valence electrons. The molecule has 4 aromatic carbocycles. The van der Waals surface area contributed by atoms with E-state index in [4.69, 9.17) is 9.05 Å². The van der Waals surface area contributed by atoms with E-state index in [0.717, 1.165) is 0 Å². The van der Waals surface area contributed by atoms with Crippen LogP contribution in [0.5, 0.6) is 0 Å². The molecule has 4 aromatic rings. The molecule has 1 radical (unpaired) electrons. The summed E-state index contributed by atoms with van der Waals surface area (Å²) in [6, 6.07) is 42.0. The SMILES string of the molecule is [CH2]C(CO[PH2](c1ccccc1)c1ccccc1)O[PH2](c1ccccc1)c1ccccc1. The Labute approximate surface area is 187 Å². The van der Waals surface area contributed by atoms with Crippen LogP contribution in [0.2, 0.25) is 0 Å². The van der Waals surface area contributed by atoms with Crippen molar-refractivity contribution in [1.29, 1.82) is 0 Å². The van der Waals surface area contributed by atoms with Crippen LogP contribution in [-0.2, 0) is 9.05 Å². The van der Waals surface area contributed by atoms with Gasteiger partial charge in [0, 0.05) is 0 Å². The molecule has 0 spiro atoms. The zero-order valence-electron chi connectivity index (χ0n) is 17.5. The Balaban J connectivity index is 1.50. The van der Waals surface area contributed by atoms with E-state index in [-0.39, 0.29) is 6.10 Å². The summed E-state index contributed by atoms with van der Waals surface area (Å²) in [5.74, 6) is 0. The third-order valence-corrected chi connectivity index (χ3v) is 10.3. The normalized spacial score (nSPS) is 12.8. The van der Waals surface area contributed by atoms with E-state index in [9.17, 15) is 0 Å². The quantitative estimate of drug-likeness (QED) is 0.357. The van der Waals surface area contributed by atoms with Gasteiger partial charge < -0.3 is 0 Å². The van der Waals surface area contributed by atoms with Gasteiger partial charge in [0.1, 0.15) is 0 Å². The summed E-state index contributed by atoms with van der Waals surface area (Å²) < 4.78 is 13.1. The predicted octanol–water partition coefficient (Wildman–Crippen LogP) is 4.25. The third kappa shape index (κ3) is 6.10. The number of hydrogen-bond donors (Lipinski definition) is 0. The summed E-state index contributed by atoms with van der Waals surface area (Å²) >= 11 is 0. The van der Waals surface area contributed by atoms with Crippen molar-refractivity contribution in [3.8, 4) is 0 Å². The molecule has 0 aliphatic heterocycles. The first-order chi connectivity index (χ1) is 15.3. The summed E-state index contributed by atoms with van der Waals surface area (Å²) in [7, 11) is -3.65. The molecule has 0 aromatic heterocycles. The molecule has 0 saturated heterocycles. The van der Waals surface area contributed by atoms with Gasteiger partial charge >= 0.3 is 188 Å². The Morgan fingerprint density at radius 3 is 1.19 bits per heavy atom. The average Bonchev–Trinajstić information content (AvgIpc) is 2.85. The summed E-state index contributed by atoms with van der Waals surface area (Å²) in [5, 5.41) is 5.03. The van der Waals surface area contributed by atoms with Gasteiger partial charge in [-0.2, -0.15) is 0 Å². The summed E-state index contributed by atoms with van der Waals surface area (Å²) in [4.78, 5) is 0. The van der Waals surface area contributed by atoms with Crippen molar-refractivity contribution >= 4 is 37.5 Å². The molecule has 1 unspecified atom stereocenters. The first-order valence-electron chi connectivity index (χ1n) is 10.6. The van der Waals surface area contributed by atoms with Crippen LogP contribution in [0.1, 0.15) is 0 Å². The first-order valence-corrected chi connectivity index (χ1v) is 13.9. The Morgan fingerprint density at radius 2 is 0.839 bits per heavy atom. The maximum atomic E-state index is 6.57. The van der Waals surface area contributed by atoms with Crippen molar-refractivity contribution in [1.82, 2.24) is 0 Å². The van der Waals surface area contributed by atoms with Crippen molar-refractivity contribution in [2.45, 2.75) is 6.10 Å². The molecule has 0 bridgehead atoms. The molecule has 2 nitrogen and oxygen atoms in total.